The number of carbonyl (C=O) groups is 2. The minimum atomic E-state index is -0.384. The SMILES string of the molecule is COc1ccc(CCNC(=O)CC(=O)Nc2ccc3c(c2)OCO3)cc1. The van der Waals surface area contributed by atoms with Crippen molar-refractivity contribution >= 4 is 17.5 Å². The van der Waals surface area contributed by atoms with Crippen LogP contribution in [-0.2, 0) is 16.0 Å². The maximum atomic E-state index is 12.0. The fourth-order valence-corrected chi connectivity index (χ4v) is 2.53. The first-order valence-electron chi connectivity index (χ1n) is 8.23. The predicted octanol–water partition coefficient (Wildman–Crippen LogP) is 2.11. The van der Waals surface area contributed by atoms with Crippen LogP contribution in [-0.4, -0.2) is 32.3 Å². The fraction of sp³-hybridized carbons (Fsp3) is 0.263. The Morgan fingerprint density at radius 2 is 1.81 bits per heavy atom. The van der Waals surface area contributed by atoms with Crippen molar-refractivity contribution in [2.75, 3.05) is 25.8 Å². The Bertz CT molecular complexity index is 789. The molecule has 7 heteroatoms. The zero-order valence-electron chi connectivity index (χ0n) is 14.4. The average molecular weight is 356 g/mol. The van der Waals surface area contributed by atoms with Crippen LogP contribution in [0.25, 0.3) is 0 Å². The summed E-state index contributed by atoms with van der Waals surface area (Å²) in [5, 5.41) is 5.42. The molecule has 26 heavy (non-hydrogen) atoms. The van der Waals surface area contributed by atoms with E-state index in [0.717, 1.165) is 11.3 Å². The van der Waals surface area contributed by atoms with Crippen molar-refractivity contribution in [3.8, 4) is 17.2 Å². The Labute approximate surface area is 151 Å². The molecule has 2 aromatic rings. The van der Waals surface area contributed by atoms with E-state index < -0.39 is 0 Å². The van der Waals surface area contributed by atoms with E-state index in [-0.39, 0.29) is 25.0 Å². The highest BCUT2D eigenvalue weighted by Crippen LogP contribution is 2.34. The largest absolute Gasteiger partial charge is 0.497 e. The molecule has 7 nitrogen and oxygen atoms in total. The standard InChI is InChI=1S/C19H20N2O5/c1-24-15-5-2-13(3-6-15)8-9-20-18(22)11-19(23)21-14-4-7-16-17(10-14)26-12-25-16/h2-7,10H,8-9,11-12H2,1H3,(H,20,22)(H,21,23). The average Bonchev–Trinajstić information content (AvgIpc) is 3.10. The summed E-state index contributed by atoms with van der Waals surface area (Å²) in [5.74, 6) is 1.30. The van der Waals surface area contributed by atoms with Gasteiger partial charge in [-0.25, -0.2) is 0 Å². The molecule has 2 N–H and O–H groups in total. The molecule has 0 atom stereocenters. The molecule has 3 rings (SSSR count). The lowest BCUT2D eigenvalue weighted by Crippen LogP contribution is -2.29. The Morgan fingerprint density at radius 3 is 2.58 bits per heavy atom. The summed E-state index contributed by atoms with van der Waals surface area (Å²) in [7, 11) is 1.61. The molecule has 0 aromatic heterocycles. The van der Waals surface area contributed by atoms with Gasteiger partial charge >= 0.3 is 0 Å². The maximum Gasteiger partial charge on any atom is 0.233 e. The third kappa shape index (κ3) is 4.66. The number of carbonyl (C=O) groups excluding carboxylic acids is 2. The minimum Gasteiger partial charge on any atom is -0.497 e. The normalized spacial score (nSPS) is 11.7. The maximum absolute atomic E-state index is 12.0. The van der Waals surface area contributed by atoms with Crippen LogP contribution in [0.5, 0.6) is 17.2 Å². The summed E-state index contributed by atoms with van der Waals surface area (Å²) < 4.78 is 15.6. The number of nitrogens with one attached hydrogen (secondary N) is 2. The smallest absolute Gasteiger partial charge is 0.233 e. The molecule has 0 fully saturated rings. The molecule has 0 radical (unpaired) electrons. The van der Waals surface area contributed by atoms with Gasteiger partial charge in [-0.2, -0.15) is 0 Å². The van der Waals surface area contributed by atoms with Gasteiger partial charge in [0.25, 0.3) is 0 Å². The van der Waals surface area contributed by atoms with Crippen molar-refractivity contribution in [1.29, 1.82) is 0 Å². The summed E-state index contributed by atoms with van der Waals surface area (Å²) in [6.07, 6.45) is 0.441. The van der Waals surface area contributed by atoms with Crippen molar-refractivity contribution in [1.82, 2.24) is 5.32 Å². The first-order chi connectivity index (χ1) is 12.6. The lowest BCUT2D eigenvalue weighted by molar-refractivity contribution is -0.126. The fourth-order valence-electron chi connectivity index (χ4n) is 2.53. The Balaban J connectivity index is 1.40. The molecule has 2 aromatic carbocycles. The molecule has 1 heterocycles. The summed E-state index contributed by atoms with van der Waals surface area (Å²) in [6.45, 7) is 0.631. The van der Waals surface area contributed by atoms with Crippen molar-refractivity contribution in [2.45, 2.75) is 12.8 Å². The van der Waals surface area contributed by atoms with Gasteiger partial charge in [0.05, 0.1) is 7.11 Å². The van der Waals surface area contributed by atoms with Gasteiger partial charge < -0.3 is 24.8 Å². The van der Waals surface area contributed by atoms with Gasteiger partial charge in [0.1, 0.15) is 12.2 Å². The van der Waals surface area contributed by atoms with E-state index in [9.17, 15) is 9.59 Å². The van der Waals surface area contributed by atoms with Crippen LogP contribution in [0.1, 0.15) is 12.0 Å². The zero-order chi connectivity index (χ0) is 18.4. The third-order valence-electron chi connectivity index (χ3n) is 3.87. The summed E-state index contributed by atoms with van der Waals surface area (Å²) >= 11 is 0. The van der Waals surface area contributed by atoms with Gasteiger partial charge in [0.15, 0.2) is 11.5 Å². The summed E-state index contributed by atoms with van der Waals surface area (Å²) in [4.78, 5) is 23.9. The zero-order valence-corrected chi connectivity index (χ0v) is 14.4. The van der Waals surface area contributed by atoms with Crippen molar-refractivity contribution in [3.05, 3.63) is 48.0 Å². The van der Waals surface area contributed by atoms with Crippen molar-refractivity contribution in [3.63, 3.8) is 0 Å². The molecule has 1 aliphatic heterocycles. The third-order valence-corrected chi connectivity index (χ3v) is 3.87. The summed E-state index contributed by atoms with van der Waals surface area (Å²) in [6, 6.07) is 12.7. The second kappa shape index (κ2) is 8.24. The Morgan fingerprint density at radius 1 is 1.04 bits per heavy atom. The number of hydrogen-bond donors (Lipinski definition) is 2. The van der Waals surface area contributed by atoms with Crippen LogP contribution in [0.3, 0.4) is 0 Å². The Hall–Kier alpha value is -3.22. The minimum absolute atomic E-state index is 0.170. The van der Waals surface area contributed by atoms with Crippen LogP contribution in [0.4, 0.5) is 5.69 Å². The Kier molecular flexibility index (Phi) is 5.58. The van der Waals surface area contributed by atoms with E-state index in [2.05, 4.69) is 10.6 Å². The van der Waals surface area contributed by atoms with Gasteiger partial charge in [-0.15, -0.1) is 0 Å². The molecule has 0 bridgehead atoms. The second-order valence-electron chi connectivity index (χ2n) is 5.74. The van der Waals surface area contributed by atoms with Crippen LogP contribution < -0.4 is 24.8 Å². The second-order valence-corrected chi connectivity index (χ2v) is 5.74. The van der Waals surface area contributed by atoms with E-state index >= 15 is 0 Å². The number of fused-ring (bicyclic) bond motifs is 1. The number of methoxy groups -OCH3 is 1. The monoisotopic (exact) mass is 356 g/mol. The number of anilines is 1. The van der Waals surface area contributed by atoms with Crippen molar-refractivity contribution < 1.29 is 23.8 Å². The van der Waals surface area contributed by atoms with Crippen LogP contribution >= 0.6 is 0 Å². The lowest BCUT2D eigenvalue weighted by Gasteiger charge is -2.08. The highest BCUT2D eigenvalue weighted by Gasteiger charge is 2.15. The van der Waals surface area contributed by atoms with E-state index in [0.29, 0.717) is 30.2 Å². The molecule has 136 valence electrons. The number of benzene rings is 2. The first kappa shape index (κ1) is 17.6. The topological polar surface area (TPSA) is 85.9 Å². The molecule has 1 aliphatic rings. The molecule has 0 saturated carbocycles. The van der Waals surface area contributed by atoms with Gasteiger partial charge in [-0.1, -0.05) is 12.1 Å². The van der Waals surface area contributed by atoms with Gasteiger partial charge in [0.2, 0.25) is 18.6 Å². The van der Waals surface area contributed by atoms with Crippen LogP contribution in [0.2, 0.25) is 0 Å². The number of amides is 2. The van der Waals surface area contributed by atoms with Crippen LogP contribution in [0, 0.1) is 0 Å². The number of rotatable bonds is 7. The quantitative estimate of drug-likeness (QED) is 0.742. The van der Waals surface area contributed by atoms with E-state index in [1.807, 2.05) is 24.3 Å². The predicted molar refractivity (Wildman–Crippen MR) is 95.5 cm³/mol. The molecule has 0 aliphatic carbocycles. The molecule has 2 amide bonds. The van der Waals surface area contributed by atoms with Gasteiger partial charge in [-0.3, -0.25) is 9.59 Å². The van der Waals surface area contributed by atoms with E-state index in [1.165, 1.54) is 0 Å². The molecular formula is C19H20N2O5. The molecule has 0 saturated heterocycles. The van der Waals surface area contributed by atoms with Gasteiger partial charge in [0, 0.05) is 18.3 Å². The highest BCUT2D eigenvalue weighted by atomic mass is 16.7. The number of ether oxygens (including phenoxy) is 3. The first-order valence-corrected chi connectivity index (χ1v) is 8.23. The van der Waals surface area contributed by atoms with E-state index in [4.69, 9.17) is 14.2 Å². The van der Waals surface area contributed by atoms with Crippen molar-refractivity contribution in [2.24, 2.45) is 0 Å². The summed E-state index contributed by atoms with van der Waals surface area (Å²) in [5.41, 5.74) is 1.64. The van der Waals surface area contributed by atoms with Gasteiger partial charge in [-0.05, 0) is 36.2 Å². The lowest BCUT2D eigenvalue weighted by atomic mass is 10.1. The van der Waals surface area contributed by atoms with E-state index in [1.54, 1.807) is 25.3 Å². The molecule has 0 spiro atoms. The number of hydrogen-bond acceptors (Lipinski definition) is 5. The molecule has 0 unspecified atom stereocenters. The molecular weight excluding hydrogens is 336 g/mol. The highest BCUT2D eigenvalue weighted by molar-refractivity contribution is 6.03. The van der Waals surface area contributed by atoms with Crippen LogP contribution in [0.15, 0.2) is 42.5 Å².